The number of ether oxygens (including phenoxy) is 1. The van der Waals surface area contributed by atoms with Gasteiger partial charge < -0.3 is 15.0 Å². The van der Waals surface area contributed by atoms with E-state index in [1.165, 1.54) is 0 Å². The number of piperidine rings is 1. The average molecular weight is 371 g/mol. The second-order valence-electron chi connectivity index (χ2n) is 7.53. The van der Waals surface area contributed by atoms with Crippen molar-refractivity contribution in [2.75, 3.05) is 12.4 Å². The Morgan fingerprint density at radius 3 is 2.56 bits per heavy atom. The van der Waals surface area contributed by atoms with Gasteiger partial charge in [0.15, 0.2) is 0 Å². The van der Waals surface area contributed by atoms with Gasteiger partial charge in [-0.3, -0.25) is 0 Å². The Morgan fingerprint density at radius 1 is 1.36 bits per heavy atom. The number of anilines is 1. The van der Waals surface area contributed by atoms with Gasteiger partial charge in [-0.15, -0.1) is 0 Å². The van der Waals surface area contributed by atoms with Crippen LogP contribution in [0.3, 0.4) is 0 Å². The smallest absolute Gasteiger partial charge is 0.322 e. The molecule has 25 heavy (non-hydrogen) atoms. The molecule has 1 N–H and O–H groups in total. The van der Waals surface area contributed by atoms with Crippen LogP contribution < -0.4 is 5.32 Å². The molecular formula is C18H21ClF2N2O2. The van der Waals surface area contributed by atoms with Crippen molar-refractivity contribution in [1.82, 2.24) is 4.90 Å². The highest BCUT2D eigenvalue weighted by molar-refractivity contribution is 6.30. The minimum atomic E-state index is -2.54. The molecule has 3 aliphatic rings. The summed E-state index contributed by atoms with van der Waals surface area (Å²) in [5.41, 5.74) is 0.586. The van der Waals surface area contributed by atoms with Crippen LogP contribution in [-0.4, -0.2) is 36.0 Å². The number of fused-ring (bicyclic) bond motifs is 2. The van der Waals surface area contributed by atoms with Gasteiger partial charge in [-0.1, -0.05) is 11.6 Å². The maximum absolute atomic E-state index is 13.8. The summed E-state index contributed by atoms with van der Waals surface area (Å²) in [5.74, 6) is -2.54. The predicted octanol–water partition coefficient (Wildman–Crippen LogP) is 4.67. The lowest BCUT2D eigenvalue weighted by molar-refractivity contribution is 0.0186. The van der Waals surface area contributed by atoms with Crippen LogP contribution in [0.2, 0.25) is 5.02 Å². The van der Waals surface area contributed by atoms with Gasteiger partial charge in [-0.25, -0.2) is 13.6 Å². The van der Waals surface area contributed by atoms with E-state index in [0.717, 1.165) is 18.4 Å². The summed E-state index contributed by atoms with van der Waals surface area (Å²) in [6.45, 7) is 0.332. The molecule has 0 aromatic heterocycles. The van der Waals surface area contributed by atoms with Crippen molar-refractivity contribution in [2.45, 2.75) is 56.7 Å². The van der Waals surface area contributed by atoms with E-state index < -0.39 is 11.3 Å². The predicted molar refractivity (Wildman–Crippen MR) is 91.1 cm³/mol. The zero-order valence-electron chi connectivity index (χ0n) is 14.0. The fourth-order valence-electron chi connectivity index (χ4n) is 4.64. The van der Waals surface area contributed by atoms with Gasteiger partial charge in [0.1, 0.15) is 0 Å². The van der Waals surface area contributed by atoms with Crippen molar-refractivity contribution < 1.29 is 18.3 Å². The van der Waals surface area contributed by atoms with Crippen LogP contribution >= 0.6 is 11.6 Å². The Labute approximate surface area is 150 Å². The molecule has 3 fully saturated rings. The summed E-state index contributed by atoms with van der Waals surface area (Å²) < 4.78 is 32.7. The Morgan fingerprint density at radius 2 is 2.00 bits per heavy atom. The highest BCUT2D eigenvalue weighted by Crippen LogP contribution is 2.69. The van der Waals surface area contributed by atoms with E-state index in [2.05, 4.69) is 5.32 Å². The van der Waals surface area contributed by atoms with Crippen LogP contribution in [0.15, 0.2) is 18.2 Å². The number of carbonyl (C=O) groups is 1. The summed E-state index contributed by atoms with van der Waals surface area (Å²) in [5, 5.41) is 3.49. The first-order chi connectivity index (χ1) is 11.9. The summed E-state index contributed by atoms with van der Waals surface area (Å²) in [6.07, 6.45) is 2.42. The summed E-state index contributed by atoms with van der Waals surface area (Å²) >= 11 is 6.01. The zero-order chi connectivity index (χ0) is 17.8. The number of hydrogen-bond donors (Lipinski definition) is 1. The fourth-order valence-corrected chi connectivity index (χ4v) is 4.84. The van der Waals surface area contributed by atoms with E-state index in [9.17, 15) is 13.6 Å². The first kappa shape index (κ1) is 17.0. The van der Waals surface area contributed by atoms with Crippen LogP contribution in [0.25, 0.3) is 0 Å². The molecule has 2 atom stereocenters. The van der Waals surface area contributed by atoms with E-state index in [0.29, 0.717) is 30.2 Å². The van der Waals surface area contributed by atoms with Gasteiger partial charge in [-0.2, -0.15) is 0 Å². The van der Waals surface area contributed by atoms with Gasteiger partial charge in [0, 0.05) is 47.3 Å². The van der Waals surface area contributed by atoms with Crippen LogP contribution in [0.5, 0.6) is 0 Å². The quantitative estimate of drug-likeness (QED) is 0.840. The monoisotopic (exact) mass is 370 g/mol. The van der Waals surface area contributed by atoms with E-state index in [-0.39, 0.29) is 24.5 Å². The third-order valence-corrected chi connectivity index (χ3v) is 6.16. The number of carbonyl (C=O) groups excluding carboxylic acids is 1. The number of hydrogen-bond acceptors (Lipinski definition) is 2. The molecular weight excluding hydrogens is 350 g/mol. The molecule has 2 bridgehead atoms. The van der Waals surface area contributed by atoms with Gasteiger partial charge in [0.25, 0.3) is 5.92 Å². The Kier molecular flexibility index (Phi) is 3.96. The van der Waals surface area contributed by atoms with Gasteiger partial charge in [0.05, 0.1) is 6.61 Å². The highest BCUT2D eigenvalue weighted by atomic mass is 35.5. The minimum Gasteiger partial charge on any atom is -0.380 e. The van der Waals surface area contributed by atoms with E-state index >= 15 is 0 Å². The second-order valence-corrected chi connectivity index (χ2v) is 7.96. The highest BCUT2D eigenvalue weighted by Gasteiger charge is 2.74. The van der Waals surface area contributed by atoms with E-state index in [4.69, 9.17) is 16.3 Å². The lowest BCUT2D eigenvalue weighted by Crippen LogP contribution is -2.50. The Balaban J connectivity index is 1.50. The SMILES string of the molecule is COCc1cc(Cl)ccc1NC(=O)N1C2CCC1CC1(C2)CC1(F)F. The van der Waals surface area contributed by atoms with Gasteiger partial charge >= 0.3 is 6.03 Å². The molecule has 2 saturated heterocycles. The fraction of sp³-hybridized carbons (Fsp3) is 0.611. The standard InChI is InChI=1S/C18H21ClF2N2O2/c1-25-9-11-6-12(19)2-5-15(11)22-16(24)23-13-3-4-14(23)8-17(7-13)10-18(17,20)21/h2,5-6,13-14H,3-4,7-10H2,1H3,(H,22,24). The first-order valence-corrected chi connectivity index (χ1v) is 8.97. The molecule has 2 unspecified atom stereocenters. The molecule has 1 aromatic rings. The van der Waals surface area contributed by atoms with Crippen molar-refractivity contribution in [3.05, 3.63) is 28.8 Å². The molecule has 2 aliphatic heterocycles. The molecule has 0 radical (unpaired) electrons. The number of urea groups is 1. The third kappa shape index (κ3) is 2.79. The largest absolute Gasteiger partial charge is 0.380 e. The molecule has 4 nitrogen and oxygen atoms in total. The third-order valence-electron chi connectivity index (χ3n) is 5.93. The molecule has 2 amide bonds. The molecule has 1 aliphatic carbocycles. The molecule has 1 spiro atoms. The van der Waals surface area contributed by atoms with Crippen molar-refractivity contribution >= 4 is 23.3 Å². The van der Waals surface area contributed by atoms with E-state index in [1.54, 1.807) is 30.2 Å². The van der Waals surface area contributed by atoms with Crippen LogP contribution in [0.1, 0.15) is 37.7 Å². The number of nitrogens with zero attached hydrogens (tertiary/aromatic N) is 1. The maximum atomic E-state index is 13.8. The van der Waals surface area contributed by atoms with Crippen molar-refractivity contribution in [3.63, 3.8) is 0 Å². The minimum absolute atomic E-state index is 0.0162. The number of halogens is 3. The molecule has 136 valence electrons. The van der Waals surface area contributed by atoms with Crippen LogP contribution in [0.4, 0.5) is 19.3 Å². The lowest BCUT2D eigenvalue weighted by atomic mass is 9.87. The van der Waals surface area contributed by atoms with Crippen LogP contribution in [-0.2, 0) is 11.3 Å². The second kappa shape index (κ2) is 5.81. The lowest BCUT2D eigenvalue weighted by Gasteiger charge is -2.39. The van der Waals surface area contributed by atoms with Gasteiger partial charge in [-0.05, 0) is 43.9 Å². The number of rotatable bonds is 3. The molecule has 4 rings (SSSR count). The molecule has 1 aromatic carbocycles. The molecule has 1 saturated carbocycles. The number of benzene rings is 1. The Bertz CT molecular complexity index is 698. The molecule has 7 heteroatoms. The Hall–Kier alpha value is -1.40. The normalized spacial score (nSPS) is 32.1. The zero-order valence-corrected chi connectivity index (χ0v) is 14.8. The van der Waals surface area contributed by atoms with Crippen LogP contribution in [0, 0.1) is 5.41 Å². The number of amides is 2. The number of alkyl halides is 2. The maximum Gasteiger partial charge on any atom is 0.322 e. The van der Waals surface area contributed by atoms with Crippen molar-refractivity contribution in [1.29, 1.82) is 0 Å². The van der Waals surface area contributed by atoms with E-state index in [1.807, 2.05) is 0 Å². The summed E-state index contributed by atoms with van der Waals surface area (Å²) in [6, 6.07) is 4.81. The van der Waals surface area contributed by atoms with Gasteiger partial charge in [0.2, 0.25) is 0 Å². The first-order valence-electron chi connectivity index (χ1n) is 8.60. The van der Waals surface area contributed by atoms with Crippen molar-refractivity contribution in [2.24, 2.45) is 5.41 Å². The topological polar surface area (TPSA) is 41.6 Å². The molecule has 2 heterocycles. The number of methoxy groups -OCH3 is 1. The number of nitrogens with one attached hydrogen (secondary N) is 1. The summed E-state index contributed by atoms with van der Waals surface area (Å²) in [4.78, 5) is 14.6. The summed E-state index contributed by atoms with van der Waals surface area (Å²) in [7, 11) is 1.58. The average Bonchev–Trinajstić information content (AvgIpc) is 2.92. The van der Waals surface area contributed by atoms with Crippen molar-refractivity contribution in [3.8, 4) is 0 Å².